The highest BCUT2D eigenvalue weighted by atomic mass is 128. The molecule has 0 aliphatic rings. The summed E-state index contributed by atoms with van der Waals surface area (Å²) in [5.41, 5.74) is -1.20. The zero-order valence-corrected chi connectivity index (χ0v) is 22.3. The van der Waals surface area contributed by atoms with Gasteiger partial charge >= 0.3 is 5.97 Å². The lowest BCUT2D eigenvalue weighted by Gasteiger charge is -2.05. The summed E-state index contributed by atoms with van der Waals surface area (Å²) >= 11 is 31.5. The molecule has 0 bridgehead atoms. The number of carboxylic acid groups (broad SMARTS) is 1. The Bertz CT molecular complexity index is 1080. The van der Waals surface area contributed by atoms with Gasteiger partial charge in [0.15, 0.2) is 0 Å². The first-order chi connectivity index (χ1) is 14.5. The summed E-state index contributed by atoms with van der Waals surface area (Å²) in [6.07, 6.45) is 0.764. The normalized spacial score (nSPS) is 9.81. The van der Waals surface area contributed by atoms with E-state index in [9.17, 15) is 18.4 Å². The first-order valence-corrected chi connectivity index (χ1v) is 15.1. The second-order valence-electron chi connectivity index (χ2n) is 4.79. The van der Waals surface area contributed by atoms with Gasteiger partial charge in [0.1, 0.15) is 17.7 Å². The molecule has 2 N–H and O–H groups in total. The molecule has 0 aromatic heterocycles. The Morgan fingerprint density at radius 3 is 1.90 bits per heavy atom. The SMILES string of the molecule is II.N#Cc1c(Cl)c(F)cc(C(=O)Cl)c1Cl.O=C(O)c1cc(F)c(Cl)c(/C=N/O)c1Cl. The van der Waals surface area contributed by atoms with E-state index in [0.717, 1.165) is 12.3 Å². The molecule has 31 heavy (non-hydrogen) atoms. The summed E-state index contributed by atoms with van der Waals surface area (Å²) in [5.74, 6) is -3.26. The topological polar surface area (TPSA) is 111 Å². The fourth-order valence-corrected chi connectivity index (χ4v) is 3.03. The number of rotatable bonds is 3. The van der Waals surface area contributed by atoms with Gasteiger partial charge in [-0.1, -0.05) is 51.6 Å². The number of oxime groups is 1. The fourth-order valence-electron chi connectivity index (χ4n) is 1.80. The van der Waals surface area contributed by atoms with Crippen molar-refractivity contribution in [2.75, 3.05) is 0 Å². The van der Waals surface area contributed by atoms with Crippen molar-refractivity contribution in [2.24, 2.45) is 5.16 Å². The van der Waals surface area contributed by atoms with Crippen LogP contribution in [0.2, 0.25) is 20.1 Å². The van der Waals surface area contributed by atoms with Crippen molar-refractivity contribution in [3.63, 3.8) is 0 Å². The number of halogens is 9. The molecular formula is C16H5Cl5F2I2N2O4. The molecule has 2 rings (SSSR count). The summed E-state index contributed by atoms with van der Waals surface area (Å²) in [6, 6.07) is 3.07. The lowest BCUT2D eigenvalue weighted by molar-refractivity contribution is 0.0696. The maximum absolute atomic E-state index is 13.1. The van der Waals surface area contributed by atoms with Crippen LogP contribution in [-0.2, 0) is 0 Å². The fraction of sp³-hybridized carbons (Fsp3) is 0. The van der Waals surface area contributed by atoms with Crippen LogP contribution in [0.25, 0.3) is 0 Å². The van der Waals surface area contributed by atoms with Crippen LogP contribution in [0.15, 0.2) is 17.3 Å². The maximum atomic E-state index is 13.1. The number of nitrogens with zero attached hydrogens (tertiary/aromatic N) is 2. The monoisotopic (exact) mass is 756 g/mol. The smallest absolute Gasteiger partial charge is 0.337 e. The van der Waals surface area contributed by atoms with Crippen LogP contribution in [-0.4, -0.2) is 27.7 Å². The number of carboxylic acids is 1. The average molecular weight is 758 g/mol. The molecule has 0 spiro atoms. The summed E-state index contributed by atoms with van der Waals surface area (Å²) < 4.78 is 26.1. The van der Waals surface area contributed by atoms with Crippen LogP contribution in [0.5, 0.6) is 0 Å². The molecule has 166 valence electrons. The van der Waals surface area contributed by atoms with Crippen molar-refractivity contribution in [1.29, 1.82) is 5.26 Å². The number of carbonyl (C=O) groups is 2. The third-order valence-corrected chi connectivity index (χ3v) is 4.84. The van der Waals surface area contributed by atoms with Gasteiger partial charge in [-0.25, -0.2) is 13.6 Å². The van der Waals surface area contributed by atoms with Gasteiger partial charge in [-0.15, -0.1) is 0 Å². The van der Waals surface area contributed by atoms with Gasteiger partial charge in [0.25, 0.3) is 5.24 Å². The van der Waals surface area contributed by atoms with Gasteiger partial charge in [0, 0.05) is 42.8 Å². The highest BCUT2D eigenvalue weighted by Crippen LogP contribution is 2.31. The van der Waals surface area contributed by atoms with Crippen LogP contribution in [0.1, 0.15) is 31.8 Å². The van der Waals surface area contributed by atoms with Crippen LogP contribution in [0.3, 0.4) is 0 Å². The Balaban J connectivity index is 0.000000539. The standard InChI is InChI=1S/C8HCl3FNO.C8H4Cl2FNO3.I2/c9-6-3(8(11)14)1-5(12)7(10)4(6)2-13;9-6-3(8(13)14)1-5(11)7(10)4(6)2-12-15;1-2/h1H;1-2,15H,(H,13,14);/b;12-2+;. The molecule has 0 saturated heterocycles. The summed E-state index contributed by atoms with van der Waals surface area (Å²) in [4.78, 5) is 21.4. The summed E-state index contributed by atoms with van der Waals surface area (Å²) in [6.45, 7) is 0. The second-order valence-corrected chi connectivity index (χ2v) is 6.65. The van der Waals surface area contributed by atoms with E-state index in [4.69, 9.17) is 73.6 Å². The van der Waals surface area contributed by atoms with E-state index >= 15 is 0 Å². The summed E-state index contributed by atoms with van der Waals surface area (Å²) in [7, 11) is 0. The van der Waals surface area contributed by atoms with E-state index < -0.39 is 38.5 Å². The number of hydrogen-bond donors (Lipinski definition) is 2. The first-order valence-electron chi connectivity index (χ1n) is 6.97. The van der Waals surface area contributed by atoms with Crippen molar-refractivity contribution in [1.82, 2.24) is 0 Å². The van der Waals surface area contributed by atoms with E-state index in [1.54, 1.807) is 6.07 Å². The van der Waals surface area contributed by atoms with Gasteiger partial charge < -0.3 is 10.3 Å². The number of nitriles is 1. The number of aromatic carboxylic acids is 1. The van der Waals surface area contributed by atoms with Gasteiger partial charge in [-0.3, -0.25) is 4.79 Å². The van der Waals surface area contributed by atoms with E-state index in [-0.39, 0.29) is 26.7 Å². The van der Waals surface area contributed by atoms with E-state index in [1.165, 1.54) is 0 Å². The van der Waals surface area contributed by atoms with Crippen molar-refractivity contribution < 1.29 is 28.7 Å². The number of carbonyl (C=O) groups excluding carboxylic acids is 1. The Morgan fingerprint density at radius 1 is 1.00 bits per heavy atom. The minimum absolute atomic E-state index is 0.182. The van der Waals surface area contributed by atoms with Crippen LogP contribution in [0.4, 0.5) is 8.78 Å². The third kappa shape index (κ3) is 7.99. The molecule has 6 nitrogen and oxygen atoms in total. The van der Waals surface area contributed by atoms with Crippen molar-refractivity contribution in [3.05, 3.63) is 66.1 Å². The molecule has 0 fully saturated rings. The second kappa shape index (κ2) is 14.5. The molecule has 2 aromatic carbocycles. The molecule has 0 aliphatic carbocycles. The van der Waals surface area contributed by atoms with Crippen LogP contribution >= 0.6 is 95.2 Å². The van der Waals surface area contributed by atoms with E-state index in [1.807, 2.05) is 0 Å². The highest BCUT2D eigenvalue weighted by Gasteiger charge is 2.19. The molecule has 2 aromatic rings. The lowest BCUT2D eigenvalue weighted by atomic mass is 10.1. The number of hydrogen-bond acceptors (Lipinski definition) is 5. The maximum Gasteiger partial charge on any atom is 0.337 e. The van der Waals surface area contributed by atoms with Gasteiger partial charge in [0.05, 0.1) is 43.0 Å². The molecule has 0 heterocycles. The van der Waals surface area contributed by atoms with Crippen molar-refractivity contribution in [2.45, 2.75) is 0 Å². The predicted molar refractivity (Wildman–Crippen MR) is 132 cm³/mol. The molecule has 0 saturated carbocycles. The molecule has 15 heteroatoms. The average Bonchev–Trinajstić information content (AvgIpc) is 2.72. The Morgan fingerprint density at radius 2 is 1.48 bits per heavy atom. The van der Waals surface area contributed by atoms with Gasteiger partial charge in [-0.05, 0) is 23.7 Å². The predicted octanol–water partition coefficient (Wildman–Crippen LogP) is 7.79. The lowest BCUT2D eigenvalue weighted by Crippen LogP contribution is -2.02. The zero-order chi connectivity index (χ0) is 24.5. The van der Waals surface area contributed by atoms with Crippen molar-refractivity contribution >= 4 is 113 Å². The Kier molecular flexibility index (Phi) is 14.1. The molecule has 0 atom stereocenters. The Labute approximate surface area is 222 Å². The first kappa shape index (κ1) is 30.3. The molecule has 0 radical (unpaired) electrons. The molecular weight excluding hydrogens is 753 g/mol. The Hall–Kier alpha value is -0.690. The van der Waals surface area contributed by atoms with E-state index in [2.05, 4.69) is 42.4 Å². The molecule has 0 aliphatic heterocycles. The molecule has 0 unspecified atom stereocenters. The van der Waals surface area contributed by atoms with Crippen molar-refractivity contribution in [3.8, 4) is 6.07 Å². The largest absolute Gasteiger partial charge is 0.478 e. The quantitative estimate of drug-likeness (QED) is 0.0830. The van der Waals surface area contributed by atoms with Gasteiger partial charge in [-0.2, -0.15) is 5.26 Å². The van der Waals surface area contributed by atoms with Gasteiger partial charge in [0.2, 0.25) is 0 Å². The summed E-state index contributed by atoms with van der Waals surface area (Å²) in [5, 5.41) is 25.9. The third-order valence-electron chi connectivity index (χ3n) is 3.09. The molecule has 0 amide bonds. The minimum atomic E-state index is -1.40. The van der Waals surface area contributed by atoms with Crippen LogP contribution < -0.4 is 0 Å². The zero-order valence-electron chi connectivity index (χ0n) is 14.2. The number of benzene rings is 2. The van der Waals surface area contributed by atoms with E-state index in [0.29, 0.717) is 6.07 Å². The minimum Gasteiger partial charge on any atom is -0.478 e. The van der Waals surface area contributed by atoms with Crippen LogP contribution in [0, 0.1) is 23.0 Å². The highest BCUT2D eigenvalue weighted by molar-refractivity contribution is 15.0.